The summed E-state index contributed by atoms with van der Waals surface area (Å²) in [6.07, 6.45) is 3.10. The number of ether oxygens (including phenoxy) is 3. The zero-order valence-electron chi connectivity index (χ0n) is 34.5. The second-order valence-electron chi connectivity index (χ2n) is 14.1. The number of aromatic hydroxyl groups is 1. The van der Waals surface area contributed by atoms with Crippen LogP contribution in [0, 0.1) is 12.3 Å². The lowest BCUT2D eigenvalue weighted by Crippen LogP contribution is -2.60. The van der Waals surface area contributed by atoms with Crippen molar-refractivity contribution in [2.24, 2.45) is 5.73 Å². The molecule has 3 rings (SSSR count). The Morgan fingerprint density at radius 2 is 0.952 bits per heavy atom. The van der Waals surface area contributed by atoms with E-state index in [-0.39, 0.29) is 64.6 Å². The molecule has 5 atom stereocenters. The number of carboxylic acids is 2. The van der Waals surface area contributed by atoms with Crippen molar-refractivity contribution in [2.75, 3.05) is 46.2 Å². The highest BCUT2D eigenvalue weighted by atomic mass is 16.5. The molecule has 338 valence electrons. The molecule has 0 saturated heterocycles. The van der Waals surface area contributed by atoms with E-state index < -0.39 is 84.5 Å². The smallest absolute Gasteiger partial charge is 0.305 e. The number of terminal acetylenes is 1. The fraction of sp³-hybridized carbons (Fsp3) is 0.386. The Labute approximate surface area is 364 Å². The maximum absolute atomic E-state index is 14.1. The normalized spacial score (nSPS) is 13.1. The molecule has 0 radical (unpaired) electrons. The molecule has 0 fully saturated rings. The number of rotatable bonds is 29. The molecule has 0 unspecified atom stereocenters. The summed E-state index contributed by atoms with van der Waals surface area (Å²) in [7, 11) is 0. The van der Waals surface area contributed by atoms with Crippen molar-refractivity contribution >= 4 is 41.5 Å². The Kier molecular flexibility index (Phi) is 22.4. The third-order valence-electron chi connectivity index (χ3n) is 9.06. The number of phenolic OH excluding ortho intramolecular Hbond substituents is 1. The first-order valence-corrected chi connectivity index (χ1v) is 20.0. The van der Waals surface area contributed by atoms with E-state index in [1.165, 1.54) is 12.1 Å². The largest absolute Gasteiger partial charge is 0.508 e. The lowest BCUT2D eigenvalue weighted by molar-refractivity contribution is -0.143. The van der Waals surface area contributed by atoms with E-state index in [2.05, 4.69) is 32.5 Å². The van der Waals surface area contributed by atoms with Crippen LogP contribution in [0.25, 0.3) is 0 Å². The Morgan fingerprint density at radius 1 is 0.540 bits per heavy atom. The van der Waals surface area contributed by atoms with Crippen LogP contribution in [0.5, 0.6) is 5.75 Å². The lowest BCUT2D eigenvalue weighted by atomic mass is 10.0. The van der Waals surface area contributed by atoms with E-state index in [1.54, 1.807) is 66.7 Å². The minimum Gasteiger partial charge on any atom is -0.508 e. The number of nitrogens with two attached hydrogens (primary N) is 1. The predicted molar refractivity (Wildman–Crippen MR) is 227 cm³/mol. The molecule has 0 aliphatic rings. The SMILES string of the molecule is C#CCOCCOCCOCCNC(=O)[C@H](CC(=O)O)NC(=O)[C@H](CC(=O)O)NC(=O)[C@H](Cc1ccccc1)NC(=O)[C@H](Cc1ccc(O)cc1)NC(=O)[C@@H](N)Cc1ccccc1. The lowest BCUT2D eigenvalue weighted by Gasteiger charge is -2.26. The van der Waals surface area contributed by atoms with E-state index in [0.29, 0.717) is 17.7 Å². The molecule has 10 N–H and O–H groups in total. The van der Waals surface area contributed by atoms with Crippen LogP contribution in [0.4, 0.5) is 0 Å². The predicted octanol–water partition coefficient (Wildman–Crippen LogP) is -0.565. The Morgan fingerprint density at radius 3 is 1.46 bits per heavy atom. The van der Waals surface area contributed by atoms with Crippen LogP contribution in [-0.4, -0.2) is 133 Å². The Bertz CT molecular complexity index is 1980. The Hall–Kier alpha value is -6.85. The van der Waals surface area contributed by atoms with Gasteiger partial charge in [0.2, 0.25) is 29.5 Å². The zero-order valence-corrected chi connectivity index (χ0v) is 34.5. The summed E-state index contributed by atoms with van der Waals surface area (Å²) in [5, 5.41) is 41.3. The van der Waals surface area contributed by atoms with Gasteiger partial charge in [-0.15, -0.1) is 6.42 Å². The first kappa shape index (κ1) is 50.5. The van der Waals surface area contributed by atoms with Crippen LogP contribution in [0.1, 0.15) is 29.5 Å². The van der Waals surface area contributed by atoms with Gasteiger partial charge < -0.3 is 61.8 Å². The van der Waals surface area contributed by atoms with Crippen LogP contribution in [0.3, 0.4) is 0 Å². The molecule has 19 heteroatoms. The van der Waals surface area contributed by atoms with Crippen molar-refractivity contribution < 1.29 is 63.1 Å². The van der Waals surface area contributed by atoms with Crippen LogP contribution < -0.4 is 32.3 Å². The fourth-order valence-electron chi connectivity index (χ4n) is 5.90. The quantitative estimate of drug-likeness (QED) is 0.0312. The van der Waals surface area contributed by atoms with Gasteiger partial charge in [0.25, 0.3) is 0 Å². The summed E-state index contributed by atoms with van der Waals surface area (Å²) >= 11 is 0. The second kappa shape index (κ2) is 27.9. The number of hydrogen-bond acceptors (Lipinski definition) is 12. The van der Waals surface area contributed by atoms with Crippen molar-refractivity contribution in [1.82, 2.24) is 26.6 Å². The molecule has 0 spiro atoms. The van der Waals surface area contributed by atoms with Crippen LogP contribution in [0.15, 0.2) is 84.9 Å². The average Bonchev–Trinajstić information content (AvgIpc) is 3.25. The van der Waals surface area contributed by atoms with E-state index in [0.717, 1.165) is 5.56 Å². The molecule has 0 saturated carbocycles. The summed E-state index contributed by atoms with van der Waals surface area (Å²) < 4.78 is 15.8. The summed E-state index contributed by atoms with van der Waals surface area (Å²) in [4.78, 5) is 91.6. The molecule has 3 aromatic rings. The van der Waals surface area contributed by atoms with E-state index in [1.807, 2.05) is 6.07 Å². The number of hydrogen-bond donors (Lipinski definition) is 9. The van der Waals surface area contributed by atoms with Gasteiger partial charge in [-0.3, -0.25) is 33.6 Å². The highest BCUT2D eigenvalue weighted by molar-refractivity contribution is 5.97. The van der Waals surface area contributed by atoms with Crippen molar-refractivity contribution in [3.05, 3.63) is 102 Å². The molecule has 5 amide bonds. The van der Waals surface area contributed by atoms with Crippen LogP contribution >= 0.6 is 0 Å². The van der Waals surface area contributed by atoms with Gasteiger partial charge in [-0.05, 0) is 35.2 Å². The number of carboxylic acid groups (broad SMARTS) is 2. The fourth-order valence-corrected chi connectivity index (χ4v) is 5.90. The molecule has 0 heterocycles. The first-order chi connectivity index (χ1) is 30.2. The monoisotopic (exact) mass is 874 g/mol. The molecule has 0 aromatic heterocycles. The molecular formula is C44H54N6O13. The molecule has 0 aliphatic carbocycles. The number of carbonyl (C=O) groups excluding carboxylic acids is 5. The van der Waals surface area contributed by atoms with Gasteiger partial charge >= 0.3 is 11.9 Å². The minimum atomic E-state index is -1.85. The maximum atomic E-state index is 14.1. The maximum Gasteiger partial charge on any atom is 0.305 e. The van der Waals surface area contributed by atoms with Crippen molar-refractivity contribution in [3.63, 3.8) is 0 Å². The van der Waals surface area contributed by atoms with Gasteiger partial charge in [-0.2, -0.15) is 0 Å². The molecule has 19 nitrogen and oxygen atoms in total. The number of nitrogens with one attached hydrogen (secondary N) is 5. The van der Waals surface area contributed by atoms with E-state index in [9.17, 15) is 48.9 Å². The Balaban J connectivity index is 1.75. The first-order valence-electron chi connectivity index (χ1n) is 20.0. The second-order valence-corrected chi connectivity index (χ2v) is 14.1. The van der Waals surface area contributed by atoms with Crippen LogP contribution in [-0.2, 0) is 67.0 Å². The third kappa shape index (κ3) is 20.0. The van der Waals surface area contributed by atoms with E-state index in [4.69, 9.17) is 26.4 Å². The standard InChI is InChI=1S/C44H54N6O13/c1-2-18-61-20-22-63-23-21-62-19-17-46-41(57)36(27-38(52)53)49-44(60)37(28-39(54)55)50-43(59)35(25-30-11-7-4-8-12-30)48-42(58)34(26-31-13-15-32(51)16-14-31)47-40(56)33(45)24-29-9-5-3-6-10-29/h1,3-16,33-37,51H,17-28,45H2,(H,46,57)(H,47,56)(H,48,58)(H,49,60)(H,50,59)(H,52,53)(H,54,55)/t33-,34-,35-,36-,37-/m0/s1. The van der Waals surface area contributed by atoms with Crippen LogP contribution in [0.2, 0.25) is 0 Å². The number of phenols is 1. The van der Waals surface area contributed by atoms with E-state index >= 15 is 0 Å². The average molecular weight is 875 g/mol. The number of benzene rings is 3. The van der Waals surface area contributed by atoms with Gasteiger partial charge in [0, 0.05) is 19.4 Å². The summed E-state index contributed by atoms with van der Waals surface area (Å²) in [5.74, 6) is -5.33. The summed E-state index contributed by atoms with van der Waals surface area (Å²) in [6, 6.07) is 15.9. The molecular weight excluding hydrogens is 821 g/mol. The number of carbonyl (C=O) groups is 7. The molecule has 0 aliphatic heterocycles. The minimum absolute atomic E-state index is 0.00260. The van der Waals surface area contributed by atoms with Gasteiger partial charge in [0.1, 0.15) is 36.5 Å². The third-order valence-corrected chi connectivity index (χ3v) is 9.06. The van der Waals surface area contributed by atoms with Crippen molar-refractivity contribution in [2.45, 2.75) is 62.3 Å². The number of amides is 5. The molecule has 63 heavy (non-hydrogen) atoms. The zero-order chi connectivity index (χ0) is 46.0. The highest BCUT2D eigenvalue weighted by Gasteiger charge is 2.34. The number of aliphatic carboxylic acids is 2. The molecule has 3 aromatic carbocycles. The van der Waals surface area contributed by atoms with Crippen molar-refractivity contribution in [1.29, 1.82) is 0 Å². The van der Waals surface area contributed by atoms with Crippen molar-refractivity contribution in [3.8, 4) is 18.1 Å². The van der Waals surface area contributed by atoms with Gasteiger partial charge in [0.05, 0.1) is 51.9 Å². The van der Waals surface area contributed by atoms with Gasteiger partial charge in [-0.25, -0.2) is 0 Å². The summed E-state index contributed by atoms with van der Waals surface area (Å²) in [6.45, 7) is 1.06. The van der Waals surface area contributed by atoms with Gasteiger partial charge in [0.15, 0.2) is 0 Å². The molecule has 0 bridgehead atoms. The topological polar surface area (TPSA) is 294 Å². The van der Waals surface area contributed by atoms with Gasteiger partial charge in [-0.1, -0.05) is 78.7 Å². The summed E-state index contributed by atoms with van der Waals surface area (Å²) in [5.41, 5.74) is 8.09. The highest BCUT2D eigenvalue weighted by Crippen LogP contribution is 2.13.